The molecule has 0 aliphatic heterocycles. The number of methoxy groups -OCH3 is 1. The maximum Gasteiger partial charge on any atom is 0.341 e. The number of carbonyl (C=O) groups is 1. The number of benzene rings is 1. The molecule has 6 nitrogen and oxygen atoms in total. The third kappa shape index (κ3) is 2.79. The van der Waals surface area contributed by atoms with Gasteiger partial charge in [-0.1, -0.05) is 12.1 Å². The van der Waals surface area contributed by atoms with Crippen molar-refractivity contribution in [3.63, 3.8) is 0 Å². The number of para-hydroxylation sites is 1. The molecule has 0 aliphatic carbocycles. The standard InChI is InChI=1S/C13H13N3O3/c1-14-11-12(16-8-7-15-11)19-10-6-4-3-5-9(10)13(17)18-2/h3-8H,1-2H3,(H,14,15). The Labute approximate surface area is 110 Å². The molecule has 1 N–H and O–H groups in total. The van der Waals surface area contributed by atoms with Gasteiger partial charge in [0.05, 0.1) is 7.11 Å². The van der Waals surface area contributed by atoms with Crippen LogP contribution < -0.4 is 10.1 Å². The summed E-state index contributed by atoms with van der Waals surface area (Å²) in [7, 11) is 3.03. The number of hydrogen-bond donors (Lipinski definition) is 1. The maximum absolute atomic E-state index is 11.6. The zero-order valence-corrected chi connectivity index (χ0v) is 10.6. The Kier molecular flexibility index (Phi) is 3.92. The summed E-state index contributed by atoms with van der Waals surface area (Å²) >= 11 is 0. The third-order valence-corrected chi connectivity index (χ3v) is 2.40. The van der Waals surface area contributed by atoms with Crippen LogP contribution in [0.15, 0.2) is 36.7 Å². The number of esters is 1. The van der Waals surface area contributed by atoms with Gasteiger partial charge in [-0.3, -0.25) is 0 Å². The van der Waals surface area contributed by atoms with Gasteiger partial charge in [0.15, 0.2) is 5.82 Å². The van der Waals surface area contributed by atoms with E-state index < -0.39 is 5.97 Å². The number of nitrogens with one attached hydrogen (secondary N) is 1. The highest BCUT2D eigenvalue weighted by molar-refractivity contribution is 5.92. The Morgan fingerprint density at radius 3 is 2.68 bits per heavy atom. The first-order valence-electron chi connectivity index (χ1n) is 5.60. The van der Waals surface area contributed by atoms with Crippen molar-refractivity contribution in [2.75, 3.05) is 19.5 Å². The third-order valence-electron chi connectivity index (χ3n) is 2.40. The molecule has 0 amide bonds. The molecule has 0 unspecified atom stereocenters. The zero-order valence-electron chi connectivity index (χ0n) is 10.6. The molecule has 98 valence electrons. The van der Waals surface area contributed by atoms with E-state index in [9.17, 15) is 4.79 Å². The highest BCUT2D eigenvalue weighted by Crippen LogP contribution is 2.27. The first kappa shape index (κ1) is 12.8. The van der Waals surface area contributed by atoms with E-state index in [-0.39, 0.29) is 0 Å². The summed E-state index contributed by atoms with van der Waals surface area (Å²) < 4.78 is 10.3. The lowest BCUT2D eigenvalue weighted by Gasteiger charge is -2.10. The smallest absolute Gasteiger partial charge is 0.341 e. The Balaban J connectivity index is 2.36. The van der Waals surface area contributed by atoms with E-state index in [1.165, 1.54) is 13.3 Å². The summed E-state index contributed by atoms with van der Waals surface area (Å²) in [6.07, 6.45) is 3.06. The molecule has 0 fully saturated rings. The molecule has 0 saturated carbocycles. The lowest BCUT2D eigenvalue weighted by molar-refractivity contribution is 0.0598. The number of ether oxygens (including phenoxy) is 2. The van der Waals surface area contributed by atoms with Crippen LogP contribution >= 0.6 is 0 Å². The minimum absolute atomic E-state index is 0.293. The quantitative estimate of drug-likeness (QED) is 0.847. The van der Waals surface area contributed by atoms with E-state index in [0.29, 0.717) is 23.0 Å². The van der Waals surface area contributed by atoms with Crippen molar-refractivity contribution in [1.29, 1.82) is 0 Å². The second-order valence-electron chi connectivity index (χ2n) is 3.55. The van der Waals surface area contributed by atoms with Gasteiger partial charge in [-0.2, -0.15) is 0 Å². The van der Waals surface area contributed by atoms with Crippen molar-refractivity contribution in [2.45, 2.75) is 0 Å². The van der Waals surface area contributed by atoms with Crippen LogP contribution in [0.3, 0.4) is 0 Å². The van der Waals surface area contributed by atoms with E-state index in [1.807, 2.05) is 0 Å². The average molecular weight is 259 g/mol. The van der Waals surface area contributed by atoms with Crippen LogP contribution in [0.25, 0.3) is 0 Å². The Morgan fingerprint density at radius 2 is 1.95 bits per heavy atom. The number of anilines is 1. The fraction of sp³-hybridized carbons (Fsp3) is 0.154. The fourth-order valence-electron chi connectivity index (χ4n) is 1.51. The molecule has 1 aromatic heterocycles. The van der Waals surface area contributed by atoms with Crippen molar-refractivity contribution in [3.05, 3.63) is 42.2 Å². The van der Waals surface area contributed by atoms with Gasteiger partial charge < -0.3 is 14.8 Å². The number of rotatable bonds is 4. The van der Waals surface area contributed by atoms with Crippen LogP contribution in [-0.2, 0) is 4.74 Å². The van der Waals surface area contributed by atoms with Gasteiger partial charge in [-0.05, 0) is 12.1 Å². The molecule has 2 aromatic rings. The second-order valence-corrected chi connectivity index (χ2v) is 3.55. The van der Waals surface area contributed by atoms with E-state index in [1.54, 1.807) is 37.5 Å². The molecule has 0 atom stereocenters. The highest BCUT2D eigenvalue weighted by Gasteiger charge is 2.14. The van der Waals surface area contributed by atoms with Crippen LogP contribution in [0.2, 0.25) is 0 Å². The number of nitrogens with zero attached hydrogens (tertiary/aromatic N) is 2. The SMILES string of the molecule is CNc1nccnc1Oc1ccccc1C(=O)OC. The first-order valence-corrected chi connectivity index (χ1v) is 5.60. The lowest BCUT2D eigenvalue weighted by atomic mass is 10.2. The Morgan fingerprint density at radius 1 is 1.21 bits per heavy atom. The van der Waals surface area contributed by atoms with E-state index >= 15 is 0 Å². The average Bonchev–Trinajstić information content (AvgIpc) is 2.47. The predicted octanol–water partition coefficient (Wildman–Crippen LogP) is 2.10. The van der Waals surface area contributed by atoms with Crippen molar-refractivity contribution >= 4 is 11.8 Å². The lowest BCUT2D eigenvalue weighted by Crippen LogP contribution is -2.05. The van der Waals surface area contributed by atoms with Crippen LogP contribution in [0.1, 0.15) is 10.4 Å². The van der Waals surface area contributed by atoms with Crippen molar-refractivity contribution < 1.29 is 14.3 Å². The molecule has 1 heterocycles. The first-order chi connectivity index (χ1) is 9.26. The molecule has 1 aromatic carbocycles. The normalized spacial score (nSPS) is 9.79. The molecule has 6 heteroatoms. The van der Waals surface area contributed by atoms with Crippen molar-refractivity contribution in [3.8, 4) is 11.6 Å². The number of aromatic nitrogens is 2. The summed E-state index contributed by atoms with van der Waals surface area (Å²) in [6, 6.07) is 6.78. The summed E-state index contributed by atoms with van der Waals surface area (Å²) in [6.45, 7) is 0. The summed E-state index contributed by atoms with van der Waals surface area (Å²) in [5, 5.41) is 2.86. The molecular formula is C13H13N3O3. The van der Waals surface area contributed by atoms with Gasteiger partial charge in [0, 0.05) is 19.4 Å². The largest absolute Gasteiger partial charge is 0.465 e. The van der Waals surface area contributed by atoms with Crippen LogP contribution in [0, 0.1) is 0 Å². The minimum Gasteiger partial charge on any atom is -0.465 e. The molecular weight excluding hydrogens is 246 g/mol. The molecule has 0 saturated heterocycles. The molecule has 0 radical (unpaired) electrons. The topological polar surface area (TPSA) is 73.3 Å². The summed E-state index contributed by atoms with van der Waals surface area (Å²) in [5.41, 5.74) is 0.331. The van der Waals surface area contributed by atoms with Crippen molar-refractivity contribution in [2.24, 2.45) is 0 Å². The molecule has 0 aliphatic rings. The van der Waals surface area contributed by atoms with Crippen LogP contribution in [0.5, 0.6) is 11.6 Å². The van der Waals surface area contributed by atoms with E-state index in [2.05, 4.69) is 15.3 Å². The van der Waals surface area contributed by atoms with Gasteiger partial charge in [-0.15, -0.1) is 0 Å². The van der Waals surface area contributed by atoms with E-state index in [0.717, 1.165) is 0 Å². The predicted molar refractivity (Wildman–Crippen MR) is 69.4 cm³/mol. The zero-order chi connectivity index (χ0) is 13.7. The van der Waals surface area contributed by atoms with Crippen LogP contribution in [-0.4, -0.2) is 30.1 Å². The summed E-state index contributed by atoms with van der Waals surface area (Å²) in [4.78, 5) is 19.8. The van der Waals surface area contributed by atoms with Gasteiger partial charge in [0.25, 0.3) is 5.88 Å². The van der Waals surface area contributed by atoms with Gasteiger partial charge >= 0.3 is 5.97 Å². The van der Waals surface area contributed by atoms with Gasteiger partial charge in [0.2, 0.25) is 0 Å². The molecule has 0 spiro atoms. The highest BCUT2D eigenvalue weighted by atomic mass is 16.5. The monoisotopic (exact) mass is 259 g/mol. The molecule has 0 bridgehead atoms. The maximum atomic E-state index is 11.6. The summed E-state index contributed by atoms with van der Waals surface area (Å²) in [5.74, 6) is 0.681. The molecule has 19 heavy (non-hydrogen) atoms. The Hall–Kier alpha value is -2.63. The van der Waals surface area contributed by atoms with E-state index in [4.69, 9.17) is 9.47 Å². The minimum atomic E-state index is -0.467. The number of carbonyl (C=O) groups excluding carboxylic acids is 1. The second kappa shape index (κ2) is 5.81. The Bertz CT molecular complexity index is 587. The van der Waals surface area contributed by atoms with Gasteiger partial charge in [0.1, 0.15) is 11.3 Å². The molecule has 2 rings (SSSR count). The fourth-order valence-corrected chi connectivity index (χ4v) is 1.51. The van der Waals surface area contributed by atoms with Crippen molar-refractivity contribution in [1.82, 2.24) is 9.97 Å². The van der Waals surface area contributed by atoms with Crippen LogP contribution in [0.4, 0.5) is 5.82 Å². The number of hydrogen-bond acceptors (Lipinski definition) is 6. The van der Waals surface area contributed by atoms with Gasteiger partial charge in [-0.25, -0.2) is 14.8 Å².